The van der Waals surface area contributed by atoms with Crippen LogP contribution in [0.15, 0.2) is 21.6 Å². The molecule has 1 atom stereocenters. The minimum absolute atomic E-state index is 0.000541. The zero-order valence-electron chi connectivity index (χ0n) is 14.5. The molecule has 1 aromatic carbocycles. The molecule has 1 aromatic heterocycles. The van der Waals surface area contributed by atoms with Crippen molar-refractivity contribution in [2.75, 3.05) is 16.8 Å². The molecule has 0 saturated carbocycles. The number of benzene rings is 1. The molecule has 7 N–H and O–H groups in total. The molecule has 0 fully saturated rings. The predicted molar refractivity (Wildman–Crippen MR) is 102 cm³/mol. The number of phenolic OH excluding ortho intramolecular Hbond substituents is 1. The third-order valence-corrected chi connectivity index (χ3v) is 4.56. The van der Waals surface area contributed by atoms with Gasteiger partial charge in [-0.15, -0.1) is 13.2 Å². The largest absolute Gasteiger partial charge is 0.573 e. The SMILES string of the molecule is N#CNC1=NC(c2cc(OC(F)(F)F)cc(Br)c2O)c2c(nc(N)c(C#N)c2N)N1. The van der Waals surface area contributed by atoms with Crippen molar-refractivity contribution in [2.24, 2.45) is 4.99 Å². The van der Waals surface area contributed by atoms with Crippen LogP contribution in [0.2, 0.25) is 0 Å². The fourth-order valence-corrected chi connectivity index (χ4v) is 3.26. The summed E-state index contributed by atoms with van der Waals surface area (Å²) < 4.78 is 41.9. The maximum atomic E-state index is 12.7. The molecule has 0 saturated heterocycles. The molecular weight excluding hydrogens is 473 g/mol. The number of pyridine rings is 1. The van der Waals surface area contributed by atoms with Crippen molar-refractivity contribution >= 4 is 39.2 Å². The van der Waals surface area contributed by atoms with Gasteiger partial charge in [0, 0.05) is 11.1 Å². The number of nitriles is 2. The lowest BCUT2D eigenvalue weighted by Gasteiger charge is -2.27. The summed E-state index contributed by atoms with van der Waals surface area (Å²) in [6.07, 6.45) is -3.36. The van der Waals surface area contributed by atoms with Gasteiger partial charge in [0.25, 0.3) is 0 Å². The number of guanidine groups is 1. The first kappa shape index (κ1) is 20.8. The van der Waals surface area contributed by atoms with Gasteiger partial charge < -0.3 is 26.6 Å². The number of anilines is 3. The van der Waals surface area contributed by atoms with E-state index in [4.69, 9.17) is 16.7 Å². The van der Waals surface area contributed by atoms with E-state index in [1.807, 2.05) is 0 Å². The Bertz CT molecular complexity index is 1150. The molecule has 1 aliphatic rings. The first-order valence-electron chi connectivity index (χ1n) is 7.82. The van der Waals surface area contributed by atoms with Gasteiger partial charge in [0.2, 0.25) is 5.96 Å². The summed E-state index contributed by atoms with van der Waals surface area (Å²) in [5.41, 5.74) is 11.4. The number of nitrogens with zero attached hydrogens (tertiary/aromatic N) is 4. The molecular formula is C16H10BrF3N8O2. The van der Waals surface area contributed by atoms with Crippen LogP contribution in [0.4, 0.5) is 30.5 Å². The molecule has 0 bridgehead atoms. The second kappa shape index (κ2) is 7.49. The molecule has 3 rings (SSSR count). The van der Waals surface area contributed by atoms with Gasteiger partial charge in [-0.1, -0.05) is 0 Å². The summed E-state index contributed by atoms with van der Waals surface area (Å²) >= 11 is 2.97. The zero-order chi connectivity index (χ0) is 22.2. The van der Waals surface area contributed by atoms with Crippen LogP contribution in [0.3, 0.4) is 0 Å². The molecule has 2 aromatic rings. The van der Waals surface area contributed by atoms with Crippen LogP contribution in [0.25, 0.3) is 0 Å². The highest BCUT2D eigenvalue weighted by molar-refractivity contribution is 9.10. The normalized spacial score (nSPS) is 15.1. The molecule has 0 radical (unpaired) electrons. The number of halogens is 4. The van der Waals surface area contributed by atoms with Crippen LogP contribution in [0.1, 0.15) is 22.7 Å². The number of nitrogens with two attached hydrogens (primary N) is 2. The Labute approximate surface area is 174 Å². The lowest BCUT2D eigenvalue weighted by molar-refractivity contribution is -0.274. The number of aliphatic imine (C=N–C) groups is 1. The van der Waals surface area contributed by atoms with E-state index in [9.17, 15) is 23.5 Å². The Hall–Kier alpha value is -3.91. The molecule has 1 aliphatic heterocycles. The van der Waals surface area contributed by atoms with Crippen molar-refractivity contribution < 1.29 is 23.0 Å². The second-order valence-electron chi connectivity index (χ2n) is 5.79. The number of phenols is 1. The summed E-state index contributed by atoms with van der Waals surface area (Å²) in [5.74, 6) is -1.45. The first-order chi connectivity index (χ1) is 14.1. The minimum Gasteiger partial charge on any atom is -0.506 e. The van der Waals surface area contributed by atoms with E-state index in [1.54, 1.807) is 12.3 Å². The van der Waals surface area contributed by atoms with Crippen molar-refractivity contribution in [3.05, 3.63) is 33.3 Å². The molecule has 2 heterocycles. The molecule has 0 spiro atoms. The number of fused-ring (bicyclic) bond motifs is 1. The van der Waals surface area contributed by atoms with Gasteiger partial charge in [-0.2, -0.15) is 10.5 Å². The van der Waals surface area contributed by atoms with E-state index in [2.05, 4.69) is 41.3 Å². The highest BCUT2D eigenvalue weighted by Crippen LogP contribution is 2.46. The van der Waals surface area contributed by atoms with Gasteiger partial charge in [0.1, 0.15) is 40.8 Å². The van der Waals surface area contributed by atoms with Crippen molar-refractivity contribution in [3.63, 3.8) is 0 Å². The summed E-state index contributed by atoms with van der Waals surface area (Å²) in [5, 5.41) is 33.5. The maximum absolute atomic E-state index is 12.7. The van der Waals surface area contributed by atoms with Crippen LogP contribution in [-0.4, -0.2) is 22.4 Å². The highest BCUT2D eigenvalue weighted by Gasteiger charge is 2.35. The summed E-state index contributed by atoms with van der Waals surface area (Å²) in [4.78, 5) is 8.19. The zero-order valence-corrected chi connectivity index (χ0v) is 16.1. The number of nitrogens with one attached hydrogen (secondary N) is 2. The maximum Gasteiger partial charge on any atom is 0.573 e. The first-order valence-corrected chi connectivity index (χ1v) is 8.62. The number of aromatic nitrogens is 1. The minimum atomic E-state index is -4.99. The van der Waals surface area contributed by atoms with Crippen molar-refractivity contribution in [1.82, 2.24) is 10.3 Å². The summed E-state index contributed by atoms with van der Waals surface area (Å²) in [6, 6.07) is 2.35. The van der Waals surface area contributed by atoms with Gasteiger partial charge in [0.15, 0.2) is 6.19 Å². The van der Waals surface area contributed by atoms with E-state index in [1.165, 1.54) is 0 Å². The lowest BCUT2D eigenvalue weighted by atomic mass is 9.94. The van der Waals surface area contributed by atoms with Crippen LogP contribution in [0.5, 0.6) is 11.5 Å². The second-order valence-corrected chi connectivity index (χ2v) is 6.65. The van der Waals surface area contributed by atoms with E-state index in [0.717, 1.165) is 12.1 Å². The van der Waals surface area contributed by atoms with Crippen LogP contribution in [-0.2, 0) is 0 Å². The molecule has 10 nitrogen and oxygen atoms in total. The van der Waals surface area contributed by atoms with E-state index < -0.39 is 23.9 Å². The number of alkyl halides is 3. The van der Waals surface area contributed by atoms with Crippen LogP contribution < -0.4 is 26.8 Å². The van der Waals surface area contributed by atoms with Gasteiger partial charge >= 0.3 is 6.36 Å². The number of aromatic hydroxyl groups is 1. The fourth-order valence-electron chi connectivity index (χ4n) is 2.80. The average molecular weight is 483 g/mol. The Morgan fingerprint density at radius 2 is 2.00 bits per heavy atom. The molecule has 154 valence electrons. The topological polar surface area (TPSA) is 178 Å². The van der Waals surface area contributed by atoms with Crippen LogP contribution >= 0.6 is 15.9 Å². The van der Waals surface area contributed by atoms with Gasteiger partial charge in [-0.3, -0.25) is 5.32 Å². The van der Waals surface area contributed by atoms with Gasteiger partial charge in [0.05, 0.1) is 10.2 Å². The Kier molecular flexibility index (Phi) is 5.20. The molecule has 30 heavy (non-hydrogen) atoms. The summed E-state index contributed by atoms with van der Waals surface area (Å²) in [7, 11) is 0. The van der Waals surface area contributed by atoms with Crippen molar-refractivity contribution in [3.8, 4) is 23.8 Å². The van der Waals surface area contributed by atoms with E-state index in [-0.39, 0.29) is 44.4 Å². The van der Waals surface area contributed by atoms with Gasteiger partial charge in [-0.05, 0) is 28.1 Å². The smallest absolute Gasteiger partial charge is 0.506 e. The average Bonchev–Trinajstić information content (AvgIpc) is 2.63. The third kappa shape index (κ3) is 3.81. The Balaban J connectivity index is 2.28. The summed E-state index contributed by atoms with van der Waals surface area (Å²) in [6.45, 7) is 0. The Morgan fingerprint density at radius 1 is 1.30 bits per heavy atom. The number of rotatable bonds is 2. The fraction of sp³-hybridized carbons (Fsp3) is 0.125. The monoisotopic (exact) mass is 482 g/mol. The Morgan fingerprint density at radius 3 is 2.60 bits per heavy atom. The van der Waals surface area contributed by atoms with Crippen LogP contribution in [0, 0.1) is 22.8 Å². The molecule has 1 unspecified atom stereocenters. The molecule has 0 amide bonds. The predicted octanol–water partition coefficient (Wildman–Crippen LogP) is 2.43. The number of ether oxygens (including phenoxy) is 1. The quantitative estimate of drug-likeness (QED) is 0.317. The molecule has 14 heteroatoms. The standard InChI is InChI=1S/C16H10BrF3N8O2/c17-8-2-5(30-16(18,19)20)1-6(12(8)29)11-9-10(23)7(3-21)13(24)27-14(9)28-15(26-11)25-4-22/h1-2,11,29H,(H6,23,24,25,26,27,28). The number of hydrogen-bond acceptors (Lipinski definition) is 10. The van der Waals surface area contributed by atoms with Crippen molar-refractivity contribution in [2.45, 2.75) is 12.4 Å². The number of hydrogen-bond donors (Lipinski definition) is 5. The van der Waals surface area contributed by atoms with Gasteiger partial charge in [-0.25, -0.2) is 9.98 Å². The van der Waals surface area contributed by atoms with E-state index in [0.29, 0.717) is 0 Å². The number of nitrogen functional groups attached to an aromatic ring is 2. The highest BCUT2D eigenvalue weighted by atomic mass is 79.9. The van der Waals surface area contributed by atoms with E-state index >= 15 is 0 Å². The third-order valence-electron chi connectivity index (χ3n) is 3.95. The van der Waals surface area contributed by atoms with Crippen molar-refractivity contribution in [1.29, 1.82) is 10.5 Å². The lowest BCUT2D eigenvalue weighted by Crippen LogP contribution is -2.32. The molecule has 0 aliphatic carbocycles.